The fourth-order valence-electron chi connectivity index (χ4n) is 2.49. The van der Waals surface area contributed by atoms with Crippen molar-refractivity contribution < 1.29 is 28.6 Å². The summed E-state index contributed by atoms with van der Waals surface area (Å²) in [7, 11) is 0. The number of furan rings is 1. The zero-order valence-electron chi connectivity index (χ0n) is 12.8. The van der Waals surface area contributed by atoms with Crippen LogP contribution in [0.5, 0.6) is 5.75 Å². The summed E-state index contributed by atoms with van der Waals surface area (Å²) in [5, 5.41) is 11.8. The van der Waals surface area contributed by atoms with Crippen molar-refractivity contribution in [3.8, 4) is 5.75 Å². The SMILES string of the molecule is O=C(O)c1ccc(O[C@@H]2CCOC[C@H]2NC(=O)c2ccoc2)cc1. The van der Waals surface area contributed by atoms with Crippen LogP contribution in [0.4, 0.5) is 0 Å². The van der Waals surface area contributed by atoms with Crippen LogP contribution in [-0.4, -0.2) is 42.3 Å². The fraction of sp³-hybridized carbons (Fsp3) is 0.294. The number of rotatable bonds is 5. The van der Waals surface area contributed by atoms with E-state index in [1.54, 1.807) is 18.2 Å². The van der Waals surface area contributed by atoms with Crippen molar-refractivity contribution in [2.75, 3.05) is 13.2 Å². The number of carbonyl (C=O) groups excluding carboxylic acids is 1. The van der Waals surface area contributed by atoms with Gasteiger partial charge in [0.2, 0.25) is 0 Å². The average molecular weight is 331 g/mol. The number of nitrogens with one attached hydrogen (secondary N) is 1. The Morgan fingerprint density at radius 3 is 2.62 bits per heavy atom. The predicted octanol–water partition coefficient (Wildman–Crippen LogP) is 1.94. The van der Waals surface area contributed by atoms with E-state index in [4.69, 9.17) is 19.0 Å². The van der Waals surface area contributed by atoms with Gasteiger partial charge >= 0.3 is 5.97 Å². The van der Waals surface area contributed by atoms with E-state index in [0.717, 1.165) is 0 Å². The first-order chi connectivity index (χ1) is 11.6. The number of hydrogen-bond donors (Lipinski definition) is 2. The van der Waals surface area contributed by atoms with Crippen LogP contribution in [0.25, 0.3) is 0 Å². The number of carbonyl (C=O) groups is 2. The van der Waals surface area contributed by atoms with Crippen LogP contribution in [0.2, 0.25) is 0 Å². The zero-order chi connectivity index (χ0) is 16.9. The summed E-state index contributed by atoms with van der Waals surface area (Å²) in [5.74, 6) is -0.693. The molecule has 1 aliphatic rings. The predicted molar refractivity (Wildman–Crippen MR) is 83.2 cm³/mol. The molecule has 0 saturated carbocycles. The maximum absolute atomic E-state index is 12.1. The second kappa shape index (κ2) is 7.18. The van der Waals surface area contributed by atoms with Crippen LogP contribution in [-0.2, 0) is 4.74 Å². The third kappa shape index (κ3) is 3.75. The summed E-state index contributed by atoms with van der Waals surface area (Å²) < 4.78 is 16.2. The molecule has 1 fully saturated rings. The molecule has 1 amide bonds. The van der Waals surface area contributed by atoms with E-state index in [2.05, 4.69) is 5.32 Å². The van der Waals surface area contributed by atoms with Crippen molar-refractivity contribution in [3.05, 3.63) is 54.0 Å². The van der Waals surface area contributed by atoms with Crippen molar-refractivity contribution in [2.45, 2.75) is 18.6 Å². The summed E-state index contributed by atoms with van der Waals surface area (Å²) in [4.78, 5) is 23.0. The lowest BCUT2D eigenvalue weighted by atomic mass is 10.1. The third-order valence-corrected chi connectivity index (χ3v) is 3.78. The molecule has 2 heterocycles. The Balaban J connectivity index is 1.65. The summed E-state index contributed by atoms with van der Waals surface area (Å²) in [5.41, 5.74) is 0.629. The molecule has 7 heteroatoms. The molecule has 3 rings (SSSR count). The summed E-state index contributed by atoms with van der Waals surface area (Å²) in [6.07, 6.45) is 3.17. The Bertz CT molecular complexity index is 694. The lowest BCUT2D eigenvalue weighted by Crippen LogP contribution is -2.51. The molecule has 24 heavy (non-hydrogen) atoms. The Hall–Kier alpha value is -2.80. The van der Waals surface area contributed by atoms with Gasteiger partial charge in [0.1, 0.15) is 18.1 Å². The van der Waals surface area contributed by atoms with Gasteiger partial charge in [-0.2, -0.15) is 0 Å². The molecule has 0 aliphatic carbocycles. The molecule has 2 N–H and O–H groups in total. The Morgan fingerprint density at radius 2 is 1.96 bits per heavy atom. The Kier molecular flexibility index (Phi) is 4.81. The smallest absolute Gasteiger partial charge is 0.335 e. The molecule has 1 aromatic heterocycles. The molecule has 0 bridgehead atoms. The lowest BCUT2D eigenvalue weighted by Gasteiger charge is -2.32. The van der Waals surface area contributed by atoms with Crippen LogP contribution >= 0.6 is 0 Å². The summed E-state index contributed by atoms with van der Waals surface area (Å²) in [6.45, 7) is 0.886. The van der Waals surface area contributed by atoms with Crippen molar-refractivity contribution in [1.82, 2.24) is 5.32 Å². The van der Waals surface area contributed by atoms with Crippen LogP contribution in [0.15, 0.2) is 47.3 Å². The highest BCUT2D eigenvalue weighted by Gasteiger charge is 2.29. The standard InChI is InChI=1S/C17H17NO6/c19-16(12-5-7-22-9-12)18-14-10-23-8-6-15(14)24-13-3-1-11(2-4-13)17(20)21/h1-5,7,9,14-15H,6,8,10H2,(H,18,19)(H,20,21)/t14-,15-/m1/s1. The maximum Gasteiger partial charge on any atom is 0.335 e. The summed E-state index contributed by atoms with van der Waals surface area (Å²) in [6, 6.07) is 7.45. The van der Waals surface area contributed by atoms with Crippen molar-refractivity contribution in [1.29, 1.82) is 0 Å². The van der Waals surface area contributed by atoms with Gasteiger partial charge in [-0.05, 0) is 30.3 Å². The van der Waals surface area contributed by atoms with Crippen molar-refractivity contribution in [2.24, 2.45) is 0 Å². The van der Waals surface area contributed by atoms with Gasteiger partial charge in [-0.15, -0.1) is 0 Å². The monoisotopic (exact) mass is 331 g/mol. The van der Waals surface area contributed by atoms with Crippen LogP contribution in [0, 0.1) is 0 Å². The van der Waals surface area contributed by atoms with Crippen LogP contribution < -0.4 is 10.1 Å². The highest BCUT2D eigenvalue weighted by Crippen LogP contribution is 2.19. The molecule has 1 aromatic carbocycles. The lowest BCUT2D eigenvalue weighted by molar-refractivity contribution is -0.00289. The van der Waals surface area contributed by atoms with Gasteiger partial charge in [0, 0.05) is 6.42 Å². The molecule has 1 saturated heterocycles. The number of ether oxygens (including phenoxy) is 2. The Morgan fingerprint density at radius 1 is 1.17 bits per heavy atom. The first-order valence-corrected chi connectivity index (χ1v) is 7.54. The minimum absolute atomic E-state index is 0.194. The average Bonchev–Trinajstić information content (AvgIpc) is 3.12. The van der Waals surface area contributed by atoms with E-state index in [1.807, 2.05) is 0 Å². The van der Waals surface area contributed by atoms with Gasteiger partial charge in [0.15, 0.2) is 0 Å². The first-order valence-electron chi connectivity index (χ1n) is 7.54. The van der Waals surface area contributed by atoms with Gasteiger partial charge in [-0.1, -0.05) is 0 Å². The minimum atomic E-state index is -0.988. The van der Waals surface area contributed by atoms with Crippen molar-refractivity contribution >= 4 is 11.9 Å². The van der Waals surface area contributed by atoms with E-state index < -0.39 is 5.97 Å². The normalized spacial score (nSPS) is 20.3. The Labute approximate surface area is 138 Å². The molecular formula is C17H17NO6. The second-order valence-electron chi connectivity index (χ2n) is 5.44. The zero-order valence-corrected chi connectivity index (χ0v) is 12.8. The number of amides is 1. The molecule has 7 nitrogen and oxygen atoms in total. The number of carboxylic acids is 1. The molecule has 0 unspecified atom stereocenters. The van der Waals surface area contributed by atoms with E-state index >= 15 is 0 Å². The number of aromatic carboxylic acids is 1. The number of carboxylic acid groups (broad SMARTS) is 1. The first kappa shape index (κ1) is 16.1. The van der Waals surface area contributed by atoms with Gasteiger partial charge in [0.05, 0.1) is 36.6 Å². The highest BCUT2D eigenvalue weighted by molar-refractivity contribution is 5.94. The third-order valence-electron chi connectivity index (χ3n) is 3.78. The van der Waals surface area contributed by atoms with E-state index in [-0.39, 0.29) is 23.6 Å². The fourth-order valence-corrected chi connectivity index (χ4v) is 2.49. The molecule has 1 aliphatic heterocycles. The molecule has 126 valence electrons. The summed E-state index contributed by atoms with van der Waals surface area (Å²) >= 11 is 0. The topological polar surface area (TPSA) is 98.0 Å². The molecule has 2 atom stereocenters. The van der Waals surface area contributed by atoms with Gasteiger partial charge in [-0.3, -0.25) is 4.79 Å². The van der Waals surface area contributed by atoms with Gasteiger partial charge in [0.25, 0.3) is 5.91 Å². The quantitative estimate of drug-likeness (QED) is 0.869. The number of benzene rings is 1. The van der Waals surface area contributed by atoms with Crippen molar-refractivity contribution in [3.63, 3.8) is 0 Å². The number of hydrogen-bond acceptors (Lipinski definition) is 5. The van der Waals surface area contributed by atoms with Crippen LogP contribution in [0.1, 0.15) is 27.1 Å². The minimum Gasteiger partial charge on any atom is -0.488 e. The molecule has 2 aromatic rings. The van der Waals surface area contributed by atoms with Gasteiger partial charge < -0.3 is 24.3 Å². The largest absolute Gasteiger partial charge is 0.488 e. The molecular weight excluding hydrogens is 314 g/mol. The van der Waals surface area contributed by atoms with E-state index in [1.165, 1.54) is 24.7 Å². The maximum atomic E-state index is 12.1. The van der Waals surface area contributed by atoms with Gasteiger partial charge in [-0.25, -0.2) is 4.79 Å². The second-order valence-corrected chi connectivity index (χ2v) is 5.44. The van der Waals surface area contributed by atoms with E-state index in [9.17, 15) is 9.59 Å². The van der Waals surface area contributed by atoms with E-state index in [0.29, 0.717) is 30.9 Å². The molecule has 0 spiro atoms. The van der Waals surface area contributed by atoms with Crippen LogP contribution in [0.3, 0.4) is 0 Å². The highest BCUT2D eigenvalue weighted by atomic mass is 16.5. The molecule has 0 radical (unpaired) electrons.